The van der Waals surface area contributed by atoms with E-state index in [0.717, 1.165) is 0 Å². The van der Waals surface area contributed by atoms with Crippen molar-refractivity contribution < 1.29 is 58.9 Å². The third kappa shape index (κ3) is 18.2. The van der Waals surface area contributed by atoms with Gasteiger partial charge in [-0.1, -0.05) is 0 Å². The lowest BCUT2D eigenvalue weighted by atomic mass is 9.81. The maximum atomic E-state index is 9.51. The molecule has 3 unspecified atom stereocenters. The van der Waals surface area contributed by atoms with E-state index in [9.17, 15) is 15.3 Å². The largest absolute Gasteiger partial charge is 0.396 e. The number of hydrogen-bond acceptors (Lipinski definition) is 12. The summed E-state index contributed by atoms with van der Waals surface area (Å²) < 4.78 is 16.5. The lowest BCUT2D eigenvalue weighted by molar-refractivity contribution is -0.235. The molecule has 0 aromatic carbocycles. The zero-order chi connectivity index (χ0) is 22.0. The van der Waals surface area contributed by atoms with Crippen LogP contribution in [0.4, 0.5) is 0 Å². The number of ether oxygens (including phenoxy) is 3. The Bertz CT molecular complexity index is 287. The Morgan fingerprint density at radius 3 is 1.33 bits per heavy atom. The zero-order valence-electron chi connectivity index (χ0n) is 15.9. The van der Waals surface area contributed by atoms with Crippen LogP contribution in [0.15, 0.2) is 0 Å². The molecule has 0 bridgehead atoms. The van der Waals surface area contributed by atoms with Gasteiger partial charge in [-0.2, -0.15) is 0 Å². The molecule has 0 rings (SSSR count). The molecule has 0 saturated heterocycles. The van der Waals surface area contributed by atoms with Crippen LogP contribution < -0.4 is 0 Å². The second kappa shape index (κ2) is 19.7. The van der Waals surface area contributed by atoms with Crippen LogP contribution in [0.1, 0.15) is 27.7 Å². The van der Waals surface area contributed by atoms with Crippen molar-refractivity contribution in [3.05, 3.63) is 0 Å². The van der Waals surface area contributed by atoms with Crippen LogP contribution in [0.25, 0.3) is 0 Å². The highest BCUT2D eigenvalue weighted by Crippen LogP contribution is 2.28. The smallest absolute Gasteiger partial charge is 0.324 e. The Morgan fingerprint density at radius 1 is 0.741 bits per heavy atom. The molecule has 168 valence electrons. The molecule has 12 nitrogen and oxygen atoms in total. The van der Waals surface area contributed by atoms with Gasteiger partial charge in [0.2, 0.25) is 0 Å². The second-order valence-corrected chi connectivity index (χ2v) is 6.19. The highest BCUT2D eigenvalue weighted by atomic mass is 31.2. The topological polar surface area (TPSA) is 210 Å². The molecule has 0 aromatic heterocycles. The van der Waals surface area contributed by atoms with Crippen molar-refractivity contribution in [1.82, 2.24) is 0 Å². The van der Waals surface area contributed by atoms with Crippen molar-refractivity contribution in [3.8, 4) is 0 Å². The van der Waals surface area contributed by atoms with E-state index in [2.05, 4.69) is 0 Å². The molecule has 0 saturated carbocycles. The van der Waals surface area contributed by atoms with E-state index in [-0.39, 0.29) is 6.10 Å². The molecule has 27 heavy (non-hydrogen) atoms. The fraction of sp³-hybridized carbons (Fsp3) is 1.00. The van der Waals surface area contributed by atoms with Gasteiger partial charge in [-0.15, -0.1) is 0 Å². The lowest BCUT2D eigenvalue weighted by Crippen LogP contribution is -2.53. The van der Waals surface area contributed by atoms with Gasteiger partial charge in [0.1, 0.15) is 0 Å². The molecule has 0 aliphatic carbocycles. The predicted molar refractivity (Wildman–Crippen MR) is 97.9 cm³/mol. The summed E-state index contributed by atoms with van der Waals surface area (Å²) in [5, 5.41) is 28.5. The van der Waals surface area contributed by atoms with Crippen LogP contribution in [0.2, 0.25) is 0 Å². The van der Waals surface area contributed by atoms with Gasteiger partial charge in [-0.3, -0.25) is 0 Å². The first kappa shape index (κ1) is 32.1. The van der Waals surface area contributed by atoms with Gasteiger partial charge in [0, 0.05) is 13.2 Å². The molecule has 9 N–H and O–H groups in total. The summed E-state index contributed by atoms with van der Waals surface area (Å²) >= 11 is 0. The Kier molecular flexibility index (Phi) is 23.4. The van der Waals surface area contributed by atoms with Gasteiger partial charge >= 0.3 is 17.2 Å². The molecule has 0 fully saturated rings. The molecular formula is C13H34O12P2. The first-order valence-electron chi connectivity index (χ1n) is 7.92. The summed E-state index contributed by atoms with van der Waals surface area (Å²) in [6.45, 7) is 6.96. The van der Waals surface area contributed by atoms with E-state index in [4.69, 9.17) is 43.6 Å². The molecular weight excluding hydrogens is 410 g/mol. The normalized spacial score (nSPS) is 14.8. The highest BCUT2D eigenvalue weighted by molar-refractivity contribution is 7.38. The number of aliphatic hydroxyl groups is 3. The Balaban J connectivity index is -0.000000603. The van der Waals surface area contributed by atoms with Gasteiger partial charge in [0.25, 0.3) is 0 Å². The summed E-state index contributed by atoms with van der Waals surface area (Å²) in [4.78, 5) is 43.4. The van der Waals surface area contributed by atoms with Crippen LogP contribution in [0.3, 0.4) is 0 Å². The van der Waals surface area contributed by atoms with Gasteiger partial charge in [-0.25, -0.2) is 0 Å². The molecule has 0 amide bonds. The molecule has 0 spiro atoms. The van der Waals surface area contributed by atoms with Gasteiger partial charge in [0.05, 0.1) is 37.4 Å². The number of rotatable bonds is 11. The first-order chi connectivity index (χ1) is 12.5. The Hall–Kier alpha value is 0.380. The van der Waals surface area contributed by atoms with E-state index in [0.29, 0.717) is 13.2 Å². The fourth-order valence-electron chi connectivity index (χ4n) is 2.00. The van der Waals surface area contributed by atoms with Crippen molar-refractivity contribution in [3.63, 3.8) is 0 Å². The van der Waals surface area contributed by atoms with Gasteiger partial charge < -0.3 is 58.9 Å². The van der Waals surface area contributed by atoms with Crippen LogP contribution in [-0.2, 0) is 14.2 Å². The Labute approximate surface area is 161 Å². The molecule has 3 atom stereocenters. The summed E-state index contributed by atoms with van der Waals surface area (Å²) in [6.07, 6.45) is -1.57. The van der Waals surface area contributed by atoms with Crippen LogP contribution >= 0.6 is 17.2 Å². The molecule has 0 radical (unpaired) electrons. The molecule has 0 aliphatic heterocycles. The third-order valence-corrected chi connectivity index (χ3v) is 3.14. The maximum Gasteiger partial charge on any atom is 0.324 e. The monoisotopic (exact) mass is 444 g/mol. The van der Waals surface area contributed by atoms with E-state index in [1.54, 1.807) is 13.8 Å². The van der Waals surface area contributed by atoms with Gasteiger partial charge in [0.15, 0.2) is 6.29 Å². The van der Waals surface area contributed by atoms with Gasteiger partial charge in [-0.05, 0) is 27.7 Å². The quantitative estimate of drug-likeness (QED) is 0.132. The van der Waals surface area contributed by atoms with E-state index < -0.39 is 54.8 Å². The number of aliphatic hydroxyl groups excluding tert-OH is 3. The molecule has 0 aromatic rings. The minimum atomic E-state index is -2.62. The lowest BCUT2D eigenvalue weighted by Gasteiger charge is -2.40. The minimum Gasteiger partial charge on any atom is -0.396 e. The standard InChI is InChI=1S/C13H28O6.2H3O3P/c1-5-17-10(3)12(19-11(4)18-6-2)13(7-14,8-15)9-16;2*1-4(2)3/h10-12,14-16H,5-9H2,1-4H3;2*1-3H. The average molecular weight is 444 g/mol. The predicted octanol–water partition coefficient (Wildman–Crippen LogP) is -1.48. The average Bonchev–Trinajstić information content (AvgIpc) is 2.55. The minimum absolute atomic E-state index is 0.389. The summed E-state index contributed by atoms with van der Waals surface area (Å²) in [5.41, 5.74) is -1.17. The summed E-state index contributed by atoms with van der Waals surface area (Å²) in [5.74, 6) is 0. The highest BCUT2D eigenvalue weighted by Gasteiger charge is 2.43. The van der Waals surface area contributed by atoms with Crippen molar-refractivity contribution >= 4 is 17.2 Å². The molecule has 14 heteroatoms. The zero-order valence-corrected chi connectivity index (χ0v) is 17.7. The van der Waals surface area contributed by atoms with E-state index in [1.807, 2.05) is 13.8 Å². The van der Waals surface area contributed by atoms with Crippen molar-refractivity contribution in [2.24, 2.45) is 5.41 Å². The second-order valence-electron chi connectivity index (χ2n) is 5.11. The van der Waals surface area contributed by atoms with Crippen LogP contribution in [-0.4, -0.2) is 96.2 Å². The van der Waals surface area contributed by atoms with Crippen LogP contribution in [0, 0.1) is 5.41 Å². The first-order valence-corrected chi connectivity index (χ1v) is 10.3. The number of hydrogen-bond donors (Lipinski definition) is 9. The third-order valence-electron chi connectivity index (χ3n) is 3.14. The van der Waals surface area contributed by atoms with Crippen molar-refractivity contribution in [2.75, 3.05) is 33.0 Å². The molecule has 0 aliphatic rings. The summed E-state index contributed by atoms with van der Waals surface area (Å²) in [7, 11) is -5.24. The van der Waals surface area contributed by atoms with Crippen LogP contribution in [0.5, 0.6) is 0 Å². The SMILES string of the molecule is CCOC(C)OC(C(C)OCC)C(CO)(CO)CO.OP(O)O.OP(O)O. The Morgan fingerprint density at radius 2 is 1.07 bits per heavy atom. The van der Waals surface area contributed by atoms with E-state index in [1.165, 1.54) is 0 Å². The van der Waals surface area contributed by atoms with Crippen molar-refractivity contribution in [2.45, 2.75) is 46.2 Å². The molecule has 0 heterocycles. The van der Waals surface area contributed by atoms with Crippen molar-refractivity contribution in [1.29, 1.82) is 0 Å². The summed E-state index contributed by atoms with van der Waals surface area (Å²) in [6, 6.07) is 0. The maximum absolute atomic E-state index is 9.51. The fourth-order valence-corrected chi connectivity index (χ4v) is 2.00. The van der Waals surface area contributed by atoms with E-state index >= 15 is 0 Å².